The van der Waals surface area contributed by atoms with Crippen LogP contribution in [-0.2, 0) is 0 Å². The zero-order chi connectivity index (χ0) is 22.1. The largest absolute Gasteiger partial charge is 0.494 e. The molecule has 1 aliphatic heterocycles. The van der Waals surface area contributed by atoms with Crippen LogP contribution in [0, 0.1) is 0 Å². The molecule has 0 aromatic carbocycles. The average molecular weight is 432 g/mol. The zero-order valence-corrected chi connectivity index (χ0v) is 17.7. The molecule has 1 saturated heterocycles. The third kappa shape index (κ3) is 3.94. The Morgan fingerprint density at radius 3 is 2.78 bits per heavy atom. The molecule has 0 radical (unpaired) electrons. The molecule has 0 bridgehead atoms. The number of anilines is 1. The Balaban J connectivity index is 1.45. The van der Waals surface area contributed by atoms with Crippen LogP contribution in [0.1, 0.15) is 23.5 Å². The van der Waals surface area contributed by atoms with Crippen LogP contribution >= 0.6 is 0 Å². The number of piperazine rings is 1. The third-order valence-corrected chi connectivity index (χ3v) is 6.00. The first-order chi connectivity index (χ1) is 15.6. The molecule has 32 heavy (non-hydrogen) atoms. The number of aromatic nitrogens is 3. The number of fused-ring (bicyclic) bond motifs is 1. The number of hydrogen-bond donors (Lipinski definition) is 2. The molecule has 1 atom stereocenters. The van der Waals surface area contributed by atoms with E-state index in [4.69, 9.17) is 4.42 Å². The number of aromatic hydroxyl groups is 1. The van der Waals surface area contributed by atoms with Crippen molar-refractivity contribution in [1.82, 2.24) is 19.9 Å². The first kappa shape index (κ1) is 20.2. The normalized spacial score (nSPS) is 18.9. The first-order valence-electron chi connectivity index (χ1n) is 10.6. The van der Waals surface area contributed by atoms with Gasteiger partial charge in [0.1, 0.15) is 5.82 Å². The van der Waals surface area contributed by atoms with Crippen LogP contribution in [-0.4, -0.2) is 64.4 Å². The molecule has 164 valence electrons. The molecule has 4 heterocycles. The molecule has 0 saturated carbocycles. The summed E-state index contributed by atoms with van der Waals surface area (Å²) in [7, 11) is 2.11. The Kier molecular flexibility index (Phi) is 5.32. The second-order valence-electron chi connectivity index (χ2n) is 8.09. The number of aromatic amines is 1. The van der Waals surface area contributed by atoms with Gasteiger partial charge in [-0.25, -0.2) is 15.0 Å². The van der Waals surface area contributed by atoms with Crippen molar-refractivity contribution in [2.75, 3.05) is 38.1 Å². The lowest BCUT2D eigenvalue weighted by molar-refractivity contribution is 0.312. The minimum Gasteiger partial charge on any atom is -0.494 e. The highest BCUT2D eigenvalue weighted by Crippen LogP contribution is 2.24. The van der Waals surface area contributed by atoms with Crippen LogP contribution in [0.3, 0.4) is 0 Å². The van der Waals surface area contributed by atoms with Gasteiger partial charge < -0.3 is 19.3 Å². The standard InChI is InChI=1S/C23H24N6O3/c1-28-5-7-29(8-6-28)21-13-25-20(12-26-21)24-11-19-18-10-15(16-4-9-32-14-16)2-3-17(18)22(30)27-23(19)31/h3-4,9-15,31H,2,5-8H2,1H3,(H,27,30). The molecule has 2 aliphatic rings. The number of likely N-dealkylation sites (N-methyl/N-ethyl adjacent to an activating group) is 1. The van der Waals surface area contributed by atoms with Gasteiger partial charge in [-0.05, 0) is 30.3 Å². The number of hydrogen-bond acceptors (Lipinski definition) is 8. The van der Waals surface area contributed by atoms with Crippen LogP contribution < -0.4 is 20.9 Å². The minimum atomic E-state index is -0.326. The van der Waals surface area contributed by atoms with Crippen molar-refractivity contribution in [2.45, 2.75) is 12.3 Å². The zero-order valence-electron chi connectivity index (χ0n) is 17.7. The lowest BCUT2D eigenvalue weighted by Crippen LogP contribution is -2.44. The molecule has 0 amide bonds. The van der Waals surface area contributed by atoms with Crippen LogP contribution in [0.5, 0.6) is 5.88 Å². The topological polar surface area (TPSA) is 111 Å². The van der Waals surface area contributed by atoms with Crippen molar-refractivity contribution < 1.29 is 9.52 Å². The lowest BCUT2D eigenvalue weighted by atomic mass is 9.91. The van der Waals surface area contributed by atoms with E-state index in [9.17, 15) is 9.90 Å². The molecule has 1 fully saturated rings. The summed E-state index contributed by atoms with van der Waals surface area (Å²) in [5.74, 6) is 1.08. The number of furan rings is 1. The summed E-state index contributed by atoms with van der Waals surface area (Å²) in [6.07, 6.45) is 12.7. The lowest BCUT2D eigenvalue weighted by Gasteiger charge is -2.32. The number of rotatable bonds is 4. The molecule has 1 unspecified atom stereocenters. The third-order valence-electron chi connectivity index (χ3n) is 6.00. The van der Waals surface area contributed by atoms with E-state index in [0.717, 1.165) is 37.6 Å². The van der Waals surface area contributed by atoms with E-state index in [1.54, 1.807) is 24.9 Å². The first-order valence-corrected chi connectivity index (χ1v) is 10.6. The van der Waals surface area contributed by atoms with Gasteiger partial charge >= 0.3 is 0 Å². The number of nitrogens with zero attached hydrogens (tertiary/aromatic N) is 5. The maximum absolute atomic E-state index is 12.4. The number of pyridine rings is 1. The van der Waals surface area contributed by atoms with Crippen molar-refractivity contribution in [3.63, 3.8) is 0 Å². The van der Waals surface area contributed by atoms with Crippen molar-refractivity contribution in [1.29, 1.82) is 0 Å². The summed E-state index contributed by atoms with van der Waals surface area (Å²) in [6.45, 7) is 3.81. The molecule has 9 nitrogen and oxygen atoms in total. The molecule has 3 aromatic heterocycles. The van der Waals surface area contributed by atoms with E-state index in [2.05, 4.69) is 36.8 Å². The van der Waals surface area contributed by atoms with Crippen LogP contribution in [0.2, 0.25) is 0 Å². The van der Waals surface area contributed by atoms with Crippen LogP contribution in [0.4, 0.5) is 11.6 Å². The quantitative estimate of drug-likeness (QED) is 0.584. The van der Waals surface area contributed by atoms with E-state index in [1.165, 1.54) is 6.21 Å². The summed E-state index contributed by atoms with van der Waals surface area (Å²) in [5, 5.41) is 11.6. The van der Waals surface area contributed by atoms with E-state index < -0.39 is 0 Å². The fraction of sp³-hybridized carbons (Fsp3) is 0.304. The van der Waals surface area contributed by atoms with Crippen molar-refractivity contribution in [2.24, 2.45) is 4.99 Å². The Bertz CT molecular complexity index is 1300. The Morgan fingerprint density at radius 1 is 1.22 bits per heavy atom. The second-order valence-corrected chi connectivity index (χ2v) is 8.09. The van der Waals surface area contributed by atoms with Gasteiger partial charge in [-0.15, -0.1) is 0 Å². The highest BCUT2D eigenvalue weighted by molar-refractivity contribution is 5.85. The van der Waals surface area contributed by atoms with Crippen molar-refractivity contribution >= 4 is 30.0 Å². The van der Waals surface area contributed by atoms with Crippen LogP contribution in [0.15, 0.2) is 45.2 Å². The highest BCUT2D eigenvalue weighted by Gasteiger charge is 2.17. The fourth-order valence-corrected chi connectivity index (χ4v) is 4.09. The van der Waals surface area contributed by atoms with Crippen LogP contribution in [0.25, 0.3) is 12.2 Å². The summed E-state index contributed by atoms with van der Waals surface area (Å²) < 4.78 is 5.20. The molecular formula is C23H24N6O3. The predicted octanol–water partition coefficient (Wildman–Crippen LogP) is 0.714. The van der Waals surface area contributed by atoms with Gasteiger partial charge in [0.25, 0.3) is 5.56 Å². The summed E-state index contributed by atoms with van der Waals surface area (Å²) in [4.78, 5) is 32.6. The maximum Gasteiger partial charge on any atom is 0.258 e. The average Bonchev–Trinajstić information content (AvgIpc) is 3.35. The Labute approximate surface area is 184 Å². The second kappa shape index (κ2) is 8.43. The van der Waals surface area contributed by atoms with Gasteiger partial charge in [0, 0.05) is 43.5 Å². The predicted molar refractivity (Wildman–Crippen MR) is 122 cm³/mol. The molecule has 5 rings (SSSR count). The van der Waals surface area contributed by atoms with Crippen molar-refractivity contribution in [3.05, 3.63) is 62.9 Å². The van der Waals surface area contributed by atoms with E-state index in [1.807, 2.05) is 18.2 Å². The van der Waals surface area contributed by atoms with Gasteiger partial charge in [-0.3, -0.25) is 9.78 Å². The number of aliphatic imine (C=N–C) groups is 1. The van der Waals surface area contributed by atoms with Gasteiger partial charge in [-0.1, -0.05) is 12.2 Å². The molecule has 2 N–H and O–H groups in total. The fourth-order valence-electron chi connectivity index (χ4n) is 4.09. The smallest absolute Gasteiger partial charge is 0.258 e. The van der Waals surface area contributed by atoms with Gasteiger partial charge in [-0.2, -0.15) is 0 Å². The Hall–Kier alpha value is -3.72. The van der Waals surface area contributed by atoms with Crippen molar-refractivity contribution in [3.8, 4) is 5.88 Å². The maximum atomic E-state index is 12.4. The highest BCUT2D eigenvalue weighted by atomic mass is 16.3. The minimum absolute atomic E-state index is 0.0530. The molecule has 9 heteroatoms. The van der Waals surface area contributed by atoms with Gasteiger partial charge in [0.05, 0.1) is 30.5 Å². The summed E-state index contributed by atoms with van der Waals surface area (Å²) >= 11 is 0. The SMILES string of the molecule is CN1CCN(c2cnc(N=Cc3c(O)[nH]c(=O)c4c3=CC(c3ccoc3)CC=4)cn2)CC1. The summed E-state index contributed by atoms with van der Waals surface area (Å²) in [5.41, 5.74) is 1.13. The molecular weight excluding hydrogens is 408 g/mol. The number of H-pyrrole nitrogens is 1. The van der Waals surface area contributed by atoms with Gasteiger partial charge in [0.15, 0.2) is 5.82 Å². The summed E-state index contributed by atoms with van der Waals surface area (Å²) in [6, 6.07) is 1.90. The van der Waals surface area contributed by atoms with E-state index in [0.29, 0.717) is 28.2 Å². The number of nitrogens with one attached hydrogen (secondary N) is 1. The van der Waals surface area contributed by atoms with Gasteiger partial charge in [0.2, 0.25) is 5.88 Å². The Morgan fingerprint density at radius 2 is 2.06 bits per heavy atom. The van der Waals surface area contributed by atoms with E-state index in [-0.39, 0.29) is 17.4 Å². The molecule has 0 spiro atoms. The monoisotopic (exact) mass is 432 g/mol. The molecule has 1 aliphatic carbocycles. The van der Waals surface area contributed by atoms with E-state index >= 15 is 0 Å². The molecule has 3 aromatic rings.